The van der Waals surface area contributed by atoms with Crippen molar-refractivity contribution in [1.29, 1.82) is 0 Å². The Bertz CT molecular complexity index is 271. The molecule has 0 aromatic carbocycles. The zero-order chi connectivity index (χ0) is 10.5. The van der Waals surface area contributed by atoms with Gasteiger partial charge in [-0.15, -0.1) is 11.3 Å². The molecule has 2 heterocycles. The van der Waals surface area contributed by atoms with Gasteiger partial charge in [0.05, 0.1) is 11.2 Å². The van der Waals surface area contributed by atoms with E-state index in [1.165, 1.54) is 31.5 Å². The van der Waals surface area contributed by atoms with Crippen molar-refractivity contribution in [3.63, 3.8) is 0 Å². The predicted octanol–water partition coefficient (Wildman–Crippen LogP) is 1.85. The van der Waals surface area contributed by atoms with E-state index in [1.807, 2.05) is 5.51 Å². The third-order valence-electron chi connectivity index (χ3n) is 3.10. The molecular formula is C11H19N3S. The molecule has 1 aliphatic heterocycles. The lowest BCUT2D eigenvalue weighted by Gasteiger charge is -2.35. The van der Waals surface area contributed by atoms with E-state index in [0.29, 0.717) is 6.04 Å². The van der Waals surface area contributed by atoms with E-state index in [4.69, 9.17) is 5.73 Å². The zero-order valence-electron chi connectivity index (χ0n) is 9.06. The molecular weight excluding hydrogens is 206 g/mol. The van der Waals surface area contributed by atoms with E-state index in [0.717, 1.165) is 19.5 Å². The van der Waals surface area contributed by atoms with Crippen molar-refractivity contribution in [2.45, 2.75) is 38.3 Å². The number of nitrogens with two attached hydrogens (primary N) is 1. The first-order valence-corrected chi connectivity index (χ1v) is 6.65. The van der Waals surface area contributed by atoms with Gasteiger partial charge in [0.1, 0.15) is 0 Å². The molecule has 1 aliphatic rings. The van der Waals surface area contributed by atoms with Crippen LogP contribution in [-0.2, 0) is 6.54 Å². The number of thiazole rings is 1. The maximum absolute atomic E-state index is 5.65. The van der Waals surface area contributed by atoms with E-state index < -0.39 is 0 Å². The number of likely N-dealkylation sites (tertiary alicyclic amines) is 1. The van der Waals surface area contributed by atoms with Crippen LogP contribution in [0.2, 0.25) is 0 Å². The molecule has 3 nitrogen and oxygen atoms in total. The normalized spacial score (nSPS) is 23.1. The summed E-state index contributed by atoms with van der Waals surface area (Å²) < 4.78 is 0. The van der Waals surface area contributed by atoms with Crippen LogP contribution in [0.4, 0.5) is 0 Å². The molecule has 0 aliphatic carbocycles. The Balaban J connectivity index is 1.92. The minimum Gasteiger partial charge on any atom is -0.330 e. The molecule has 1 saturated heterocycles. The lowest BCUT2D eigenvalue weighted by molar-refractivity contribution is 0.132. The van der Waals surface area contributed by atoms with Gasteiger partial charge in [-0.25, -0.2) is 4.98 Å². The Kier molecular flexibility index (Phi) is 4.11. The van der Waals surface area contributed by atoms with Crippen LogP contribution in [0.3, 0.4) is 0 Å². The van der Waals surface area contributed by atoms with Gasteiger partial charge in [-0.1, -0.05) is 6.42 Å². The smallest absolute Gasteiger partial charge is 0.0795 e. The van der Waals surface area contributed by atoms with Crippen molar-refractivity contribution in [1.82, 2.24) is 9.88 Å². The molecule has 0 spiro atoms. The highest BCUT2D eigenvalue weighted by molar-refractivity contribution is 7.07. The number of aromatic nitrogens is 1. The molecule has 15 heavy (non-hydrogen) atoms. The van der Waals surface area contributed by atoms with Gasteiger partial charge in [0.25, 0.3) is 0 Å². The summed E-state index contributed by atoms with van der Waals surface area (Å²) in [6.07, 6.45) is 5.12. The molecule has 2 rings (SSSR count). The van der Waals surface area contributed by atoms with Gasteiger partial charge in [0.2, 0.25) is 0 Å². The fraction of sp³-hybridized carbons (Fsp3) is 0.727. The molecule has 1 atom stereocenters. The molecule has 4 heteroatoms. The fourth-order valence-electron chi connectivity index (χ4n) is 2.31. The second-order valence-electron chi connectivity index (χ2n) is 4.18. The zero-order valence-corrected chi connectivity index (χ0v) is 9.88. The van der Waals surface area contributed by atoms with E-state index in [1.54, 1.807) is 11.3 Å². The molecule has 1 aromatic rings. The van der Waals surface area contributed by atoms with Crippen molar-refractivity contribution in [3.05, 3.63) is 16.6 Å². The standard InChI is InChI=1S/C11H19N3S/c12-5-4-11-3-1-2-6-14(11)7-10-8-15-9-13-10/h8-9,11H,1-7,12H2. The summed E-state index contributed by atoms with van der Waals surface area (Å²) in [4.78, 5) is 6.90. The molecule has 0 bridgehead atoms. The summed E-state index contributed by atoms with van der Waals surface area (Å²) >= 11 is 1.68. The van der Waals surface area contributed by atoms with Gasteiger partial charge in [-0.3, -0.25) is 4.90 Å². The molecule has 0 amide bonds. The quantitative estimate of drug-likeness (QED) is 0.850. The summed E-state index contributed by atoms with van der Waals surface area (Å²) in [5.74, 6) is 0. The number of hydrogen-bond acceptors (Lipinski definition) is 4. The summed E-state index contributed by atoms with van der Waals surface area (Å²) in [6, 6.07) is 0.686. The predicted molar refractivity (Wildman–Crippen MR) is 63.8 cm³/mol. The largest absolute Gasteiger partial charge is 0.330 e. The maximum Gasteiger partial charge on any atom is 0.0795 e. The first-order valence-electron chi connectivity index (χ1n) is 5.71. The average molecular weight is 225 g/mol. The highest BCUT2D eigenvalue weighted by atomic mass is 32.1. The molecule has 2 N–H and O–H groups in total. The summed E-state index contributed by atoms with van der Waals surface area (Å²) in [5.41, 5.74) is 8.78. The van der Waals surface area contributed by atoms with E-state index in [2.05, 4.69) is 15.3 Å². The number of piperidine rings is 1. The van der Waals surface area contributed by atoms with Gasteiger partial charge >= 0.3 is 0 Å². The minimum absolute atomic E-state index is 0.686. The third-order valence-corrected chi connectivity index (χ3v) is 3.73. The van der Waals surface area contributed by atoms with Crippen LogP contribution in [0, 0.1) is 0 Å². The van der Waals surface area contributed by atoms with Crippen molar-refractivity contribution in [2.24, 2.45) is 5.73 Å². The van der Waals surface area contributed by atoms with E-state index in [9.17, 15) is 0 Å². The number of rotatable bonds is 4. The Morgan fingerprint density at radius 3 is 3.20 bits per heavy atom. The highest BCUT2D eigenvalue weighted by Gasteiger charge is 2.21. The summed E-state index contributed by atoms with van der Waals surface area (Å²) in [7, 11) is 0. The van der Waals surface area contributed by atoms with Crippen LogP contribution in [0.15, 0.2) is 10.9 Å². The molecule has 0 saturated carbocycles. The van der Waals surface area contributed by atoms with Gasteiger partial charge in [0.15, 0.2) is 0 Å². The van der Waals surface area contributed by atoms with Crippen LogP contribution < -0.4 is 5.73 Å². The topological polar surface area (TPSA) is 42.1 Å². The first-order chi connectivity index (χ1) is 7.40. The van der Waals surface area contributed by atoms with Crippen LogP contribution in [0.25, 0.3) is 0 Å². The van der Waals surface area contributed by atoms with Gasteiger partial charge in [-0.05, 0) is 32.4 Å². The third kappa shape index (κ3) is 3.00. The average Bonchev–Trinajstić information content (AvgIpc) is 2.74. The first kappa shape index (κ1) is 11.0. The lowest BCUT2D eigenvalue weighted by atomic mass is 9.99. The van der Waals surface area contributed by atoms with Crippen LogP contribution in [0.5, 0.6) is 0 Å². The Morgan fingerprint density at radius 1 is 1.53 bits per heavy atom. The Hall–Kier alpha value is -0.450. The highest BCUT2D eigenvalue weighted by Crippen LogP contribution is 2.21. The van der Waals surface area contributed by atoms with E-state index >= 15 is 0 Å². The number of hydrogen-bond donors (Lipinski definition) is 1. The SMILES string of the molecule is NCCC1CCCCN1Cc1cscn1. The van der Waals surface area contributed by atoms with Gasteiger partial charge in [0, 0.05) is 18.0 Å². The van der Waals surface area contributed by atoms with Crippen molar-refractivity contribution < 1.29 is 0 Å². The molecule has 1 aromatic heterocycles. The Morgan fingerprint density at radius 2 is 2.47 bits per heavy atom. The maximum atomic E-state index is 5.65. The summed E-state index contributed by atoms with van der Waals surface area (Å²) in [6.45, 7) is 3.02. The molecule has 84 valence electrons. The fourth-order valence-corrected chi connectivity index (χ4v) is 2.86. The monoisotopic (exact) mass is 225 g/mol. The number of nitrogens with zero attached hydrogens (tertiary/aromatic N) is 2. The van der Waals surface area contributed by atoms with Crippen LogP contribution >= 0.6 is 11.3 Å². The second kappa shape index (κ2) is 5.58. The lowest BCUT2D eigenvalue weighted by Crippen LogP contribution is -2.40. The van der Waals surface area contributed by atoms with Gasteiger partial charge in [-0.2, -0.15) is 0 Å². The van der Waals surface area contributed by atoms with E-state index in [-0.39, 0.29) is 0 Å². The van der Waals surface area contributed by atoms with Crippen molar-refractivity contribution >= 4 is 11.3 Å². The minimum atomic E-state index is 0.686. The molecule has 1 fully saturated rings. The molecule has 1 unspecified atom stereocenters. The van der Waals surface area contributed by atoms with Crippen molar-refractivity contribution in [3.8, 4) is 0 Å². The van der Waals surface area contributed by atoms with Crippen molar-refractivity contribution in [2.75, 3.05) is 13.1 Å². The molecule has 0 radical (unpaired) electrons. The van der Waals surface area contributed by atoms with Crippen LogP contribution in [-0.4, -0.2) is 29.0 Å². The Labute approximate surface area is 95.3 Å². The summed E-state index contributed by atoms with van der Waals surface area (Å²) in [5, 5.41) is 2.15. The van der Waals surface area contributed by atoms with Gasteiger partial charge < -0.3 is 5.73 Å². The second-order valence-corrected chi connectivity index (χ2v) is 4.90. The van der Waals surface area contributed by atoms with Crippen LogP contribution in [0.1, 0.15) is 31.4 Å².